The maximum absolute atomic E-state index is 12.5. The molecule has 0 aliphatic carbocycles. The van der Waals surface area contributed by atoms with E-state index in [0.717, 1.165) is 19.5 Å². The van der Waals surface area contributed by atoms with Gasteiger partial charge in [-0.25, -0.2) is 4.79 Å². The Bertz CT molecular complexity index is 551. The number of urea groups is 1. The fraction of sp³-hybridized carbons (Fsp3) is 0.529. The minimum absolute atomic E-state index is 0. The van der Waals surface area contributed by atoms with E-state index in [4.69, 9.17) is 0 Å². The van der Waals surface area contributed by atoms with Gasteiger partial charge in [-0.15, -0.1) is 12.4 Å². The van der Waals surface area contributed by atoms with Crippen LogP contribution in [0, 0.1) is 5.92 Å². The molecule has 0 aromatic heterocycles. The number of carbonyl (C=O) groups is 2. The van der Waals surface area contributed by atoms with Crippen LogP contribution in [0.4, 0.5) is 10.5 Å². The molecule has 1 aromatic rings. The average molecular weight is 355 g/mol. The molecule has 1 heterocycles. The summed E-state index contributed by atoms with van der Waals surface area (Å²) in [5.41, 5.74) is -0.295. The molecule has 1 saturated heterocycles. The lowest BCUT2D eigenvalue weighted by Gasteiger charge is -2.33. The van der Waals surface area contributed by atoms with Gasteiger partial charge in [0.2, 0.25) is 5.91 Å². The number of piperidine rings is 1. The predicted molar refractivity (Wildman–Crippen MR) is 98.5 cm³/mol. The van der Waals surface area contributed by atoms with Gasteiger partial charge in [-0.05, 0) is 51.4 Å². The van der Waals surface area contributed by atoms with Gasteiger partial charge < -0.3 is 21.3 Å². The van der Waals surface area contributed by atoms with Gasteiger partial charge in [0.1, 0.15) is 5.54 Å². The molecule has 134 valence electrons. The first kappa shape index (κ1) is 20.3. The fourth-order valence-corrected chi connectivity index (χ4v) is 2.60. The second-order valence-electron chi connectivity index (χ2n) is 6.62. The van der Waals surface area contributed by atoms with Crippen LogP contribution in [0.5, 0.6) is 0 Å². The monoisotopic (exact) mass is 354 g/mol. The van der Waals surface area contributed by atoms with Crippen molar-refractivity contribution in [2.24, 2.45) is 5.92 Å². The van der Waals surface area contributed by atoms with Crippen LogP contribution < -0.4 is 21.3 Å². The maximum atomic E-state index is 12.5. The highest BCUT2D eigenvalue weighted by Crippen LogP contribution is 2.13. The first-order valence-corrected chi connectivity index (χ1v) is 8.04. The molecule has 0 radical (unpaired) electrons. The van der Waals surface area contributed by atoms with Crippen LogP contribution in [0.1, 0.15) is 27.2 Å². The smallest absolute Gasteiger partial charge is 0.320 e. The number of anilines is 1. The summed E-state index contributed by atoms with van der Waals surface area (Å²) in [5.74, 6) is 0.209. The number of para-hydroxylation sites is 1. The zero-order valence-corrected chi connectivity index (χ0v) is 15.2. The van der Waals surface area contributed by atoms with Crippen molar-refractivity contribution in [2.45, 2.75) is 38.8 Å². The first-order chi connectivity index (χ1) is 10.9. The standard InChI is InChI=1S/C17H26N4O2.ClH/c1-12-11-18-10-9-14(12)20-15(22)17(2,3)21-16(23)19-13-7-5-4-6-8-13;/h4-8,12,14,18H,9-11H2,1-3H3,(H,20,22)(H2,19,21,23);1H. The molecule has 1 fully saturated rings. The van der Waals surface area contributed by atoms with Crippen molar-refractivity contribution in [2.75, 3.05) is 18.4 Å². The number of nitrogens with one attached hydrogen (secondary N) is 4. The summed E-state index contributed by atoms with van der Waals surface area (Å²) in [6.45, 7) is 7.32. The molecule has 3 amide bonds. The highest BCUT2D eigenvalue weighted by molar-refractivity contribution is 5.95. The van der Waals surface area contributed by atoms with Gasteiger partial charge in [0.15, 0.2) is 0 Å². The number of hydrogen-bond acceptors (Lipinski definition) is 3. The van der Waals surface area contributed by atoms with Gasteiger partial charge >= 0.3 is 6.03 Å². The van der Waals surface area contributed by atoms with E-state index < -0.39 is 11.6 Å². The molecule has 1 aliphatic rings. The molecule has 0 bridgehead atoms. The van der Waals surface area contributed by atoms with Crippen LogP contribution >= 0.6 is 12.4 Å². The molecule has 24 heavy (non-hydrogen) atoms. The van der Waals surface area contributed by atoms with Gasteiger partial charge in [-0.3, -0.25) is 4.79 Å². The Kier molecular flexibility index (Phi) is 7.51. The van der Waals surface area contributed by atoms with Crippen molar-refractivity contribution < 1.29 is 9.59 Å². The third kappa shape index (κ3) is 5.69. The molecule has 4 N–H and O–H groups in total. The van der Waals surface area contributed by atoms with Gasteiger partial charge in [0.25, 0.3) is 0 Å². The lowest BCUT2D eigenvalue weighted by Crippen LogP contribution is -2.59. The Morgan fingerprint density at radius 1 is 1.21 bits per heavy atom. The van der Waals surface area contributed by atoms with Crippen molar-refractivity contribution in [3.8, 4) is 0 Å². The van der Waals surface area contributed by atoms with Gasteiger partial charge in [0, 0.05) is 11.7 Å². The Morgan fingerprint density at radius 2 is 1.88 bits per heavy atom. The van der Waals surface area contributed by atoms with Crippen molar-refractivity contribution in [3.63, 3.8) is 0 Å². The van der Waals surface area contributed by atoms with Crippen molar-refractivity contribution >= 4 is 30.0 Å². The van der Waals surface area contributed by atoms with E-state index in [9.17, 15) is 9.59 Å². The Hall–Kier alpha value is -1.79. The lowest BCUT2D eigenvalue weighted by molar-refractivity contribution is -0.127. The molecule has 2 unspecified atom stereocenters. The van der Waals surface area contributed by atoms with E-state index in [-0.39, 0.29) is 24.4 Å². The van der Waals surface area contributed by atoms with E-state index in [2.05, 4.69) is 28.2 Å². The molecule has 0 spiro atoms. The molecule has 1 aromatic carbocycles. The SMILES string of the molecule is CC1CNCCC1NC(=O)C(C)(C)NC(=O)Nc1ccccc1.Cl. The quantitative estimate of drug-likeness (QED) is 0.668. The van der Waals surface area contributed by atoms with Gasteiger partial charge in [-0.1, -0.05) is 25.1 Å². The molecule has 0 saturated carbocycles. The number of amides is 3. The number of carbonyl (C=O) groups excluding carboxylic acids is 2. The topological polar surface area (TPSA) is 82.3 Å². The van der Waals surface area contributed by atoms with E-state index in [1.165, 1.54) is 0 Å². The molecular weight excluding hydrogens is 328 g/mol. The van der Waals surface area contributed by atoms with Gasteiger partial charge in [-0.2, -0.15) is 0 Å². The summed E-state index contributed by atoms with van der Waals surface area (Å²) in [6.07, 6.45) is 0.902. The van der Waals surface area contributed by atoms with Crippen molar-refractivity contribution in [1.29, 1.82) is 0 Å². The van der Waals surface area contributed by atoms with E-state index in [1.54, 1.807) is 26.0 Å². The van der Waals surface area contributed by atoms with E-state index in [0.29, 0.717) is 11.6 Å². The molecule has 6 nitrogen and oxygen atoms in total. The van der Waals surface area contributed by atoms with Crippen LogP contribution in [0.2, 0.25) is 0 Å². The van der Waals surface area contributed by atoms with Crippen LogP contribution in [-0.4, -0.2) is 36.6 Å². The number of rotatable bonds is 4. The molecule has 1 aliphatic heterocycles. The molecule has 2 atom stereocenters. The zero-order valence-electron chi connectivity index (χ0n) is 14.4. The maximum Gasteiger partial charge on any atom is 0.320 e. The molecular formula is C17H27ClN4O2. The highest BCUT2D eigenvalue weighted by atomic mass is 35.5. The van der Waals surface area contributed by atoms with Crippen LogP contribution in [0.15, 0.2) is 30.3 Å². The van der Waals surface area contributed by atoms with Crippen molar-refractivity contribution in [1.82, 2.24) is 16.0 Å². The lowest BCUT2D eigenvalue weighted by atomic mass is 9.94. The van der Waals surface area contributed by atoms with Crippen LogP contribution in [-0.2, 0) is 4.79 Å². The third-order valence-electron chi connectivity index (χ3n) is 4.13. The second kappa shape index (κ2) is 8.89. The number of halogens is 1. The number of benzene rings is 1. The minimum Gasteiger partial charge on any atom is -0.351 e. The molecule has 7 heteroatoms. The normalized spacial score (nSPS) is 20.5. The summed E-state index contributed by atoms with van der Waals surface area (Å²) >= 11 is 0. The van der Waals surface area contributed by atoms with Crippen LogP contribution in [0.25, 0.3) is 0 Å². The summed E-state index contributed by atoms with van der Waals surface area (Å²) < 4.78 is 0. The summed E-state index contributed by atoms with van der Waals surface area (Å²) in [5, 5.41) is 11.8. The average Bonchev–Trinajstić information content (AvgIpc) is 2.49. The highest BCUT2D eigenvalue weighted by Gasteiger charge is 2.32. The zero-order chi connectivity index (χ0) is 16.9. The summed E-state index contributed by atoms with van der Waals surface area (Å²) in [4.78, 5) is 24.6. The second-order valence-corrected chi connectivity index (χ2v) is 6.62. The first-order valence-electron chi connectivity index (χ1n) is 8.04. The summed E-state index contributed by atoms with van der Waals surface area (Å²) in [6, 6.07) is 8.89. The Balaban J connectivity index is 0.00000288. The molecule has 2 rings (SSSR count). The minimum atomic E-state index is -0.983. The third-order valence-corrected chi connectivity index (χ3v) is 4.13. The number of hydrogen-bond donors (Lipinski definition) is 4. The van der Waals surface area contributed by atoms with E-state index in [1.807, 2.05) is 18.2 Å². The van der Waals surface area contributed by atoms with Crippen LogP contribution in [0.3, 0.4) is 0 Å². The Labute approximate surface area is 149 Å². The van der Waals surface area contributed by atoms with Gasteiger partial charge in [0.05, 0.1) is 0 Å². The predicted octanol–water partition coefficient (Wildman–Crippen LogP) is 2.12. The van der Waals surface area contributed by atoms with Crippen molar-refractivity contribution in [3.05, 3.63) is 30.3 Å². The van der Waals surface area contributed by atoms with E-state index >= 15 is 0 Å². The Morgan fingerprint density at radius 3 is 2.50 bits per heavy atom. The fourth-order valence-electron chi connectivity index (χ4n) is 2.60. The largest absolute Gasteiger partial charge is 0.351 e. The summed E-state index contributed by atoms with van der Waals surface area (Å²) in [7, 11) is 0.